The van der Waals surface area contributed by atoms with E-state index in [9.17, 15) is 18.0 Å². The summed E-state index contributed by atoms with van der Waals surface area (Å²) in [5.41, 5.74) is 3.41. The monoisotopic (exact) mass is 563 g/mol. The molecule has 204 valence electrons. The zero-order valence-electron chi connectivity index (χ0n) is 21.1. The van der Waals surface area contributed by atoms with Crippen molar-refractivity contribution in [2.75, 3.05) is 36.5 Å². The van der Waals surface area contributed by atoms with Crippen LogP contribution in [0.15, 0.2) is 90.5 Å². The number of aromatic nitrogens is 3. The fraction of sp³-hybridized carbons (Fsp3) is 0.172. The number of hydrogen-bond donors (Lipinski definition) is 1. The molecule has 0 unspecified atom stereocenters. The van der Waals surface area contributed by atoms with Crippen molar-refractivity contribution in [1.82, 2.24) is 14.6 Å². The molecule has 0 bridgehead atoms. The van der Waals surface area contributed by atoms with Crippen LogP contribution in [0.4, 0.5) is 24.7 Å². The number of morpholine rings is 1. The first kappa shape index (κ1) is 27.2. The van der Waals surface area contributed by atoms with E-state index in [0.717, 1.165) is 42.3 Å². The first-order chi connectivity index (χ1) is 19.4. The van der Waals surface area contributed by atoms with Gasteiger partial charge in [-0.1, -0.05) is 40.9 Å². The summed E-state index contributed by atoms with van der Waals surface area (Å²) in [5, 5.41) is 8.66. The van der Waals surface area contributed by atoms with E-state index in [1.54, 1.807) is 30.5 Å². The Kier molecular flexibility index (Phi) is 8.32. The van der Waals surface area contributed by atoms with E-state index in [2.05, 4.69) is 24.8 Å². The van der Waals surface area contributed by atoms with Gasteiger partial charge in [0.2, 0.25) is 5.91 Å². The summed E-state index contributed by atoms with van der Waals surface area (Å²) >= 11 is 1.26. The van der Waals surface area contributed by atoms with Gasteiger partial charge in [0, 0.05) is 47.6 Å². The molecule has 0 atom stereocenters. The van der Waals surface area contributed by atoms with Gasteiger partial charge in [-0.25, -0.2) is 4.98 Å². The van der Waals surface area contributed by atoms with Crippen LogP contribution >= 0.6 is 11.5 Å². The molecule has 4 aromatic rings. The summed E-state index contributed by atoms with van der Waals surface area (Å²) in [6.45, 7) is 2.72. The Hall–Kier alpha value is -4.35. The minimum Gasteiger partial charge on any atom is -0.378 e. The number of benzene rings is 2. The number of halogens is 3. The van der Waals surface area contributed by atoms with Crippen LogP contribution in [0.2, 0.25) is 0 Å². The standard InChI is InChI=1S/C29H24F3N5O2S/c30-29(31,32)23-9-4-20(5-10-23)25(22-8-13-27(33-18-22)37-14-16-39-17-15-37)2-1-3-28(38)34-24-11-6-21(7-12-24)26-19-40-36-35-26/h1-13,18-19H,14-17H2,(H,34,38). The average molecular weight is 564 g/mol. The van der Waals surface area contributed by atoms with Crippen LogP contribution in [0.5, 0.6) is 0 Å². The molecule has 5 rings (SSSR count). The molecule has 1 aliphatic heterocycles. The molecule has 1 saturated heterocycles. The lowest BCUT2D eigenvalue weighted by Crippen LogP contribution is -2.36. The van der Waals surface area contributed by atoms with Crippen molar-refractivity contribution in [2.45, 2.75) is 6.18 Å². The molecule has 0 saturated carbocycles. The third-order valence-electron chi connectivity index (χ3n) is 6.24. The number of carbonyl (C=O) groups is 1. The number of carbonyl (C=O) groups excluding carboxylic acids is 1. The van der Waals surface area contributed by atoms with Gasteiger partial charge in [0.25, 0.3) is 0 Å². The van der Waals surface area contributed by atoms with E-state index in [1.165, 1.54) is 29.7 Å². The maximum Gasteiger partial charge on any atom is 0.416 e. The Labute approximate surface area is 232 Å². The Morgan fingerprint density at radius 2 is 1.70 bits per heavy atom. The molecule has 1 fully saturated rings. The number of alkyl halides is 3. The molecule has 3 heterocycles. The number of pyridine rings is 1. The Morgan fingerprint density at radius 3 is 2.33 bits per heavy atom. The van der Waals surface area contributed by atoms with Crippen molar-refractivity contribution in [3.8, 4) is 11.3 Å². The molecule has 11 heteroatoms. The predicted molar refractivity (Wildman–Crippen MR) is 149 cm³/mol. The predicted octanol–water partition coefficient (Wildman–Crippen LogP) is 6.08. The highest BCUT2D eigenvalue weighted by atomic mass is 32.1. The number of nitrogens with zero attached hydrogens (tertiary/aromatic N) is 4. The van der Waals surface area contributed by atoms with Crippen molar-refractivity contribution < 1.29 is 22.7 Å². The first-order valence-corrected chi connectivity index (χ1v) is 13.2. The Morgan fingerprint density at radius 1 is 0.975 bits per heavy atom. The summed E-state index contributed by atoms with van der Waals surface area (Å²) in [4.78, 5) is 19.2. The lowest BCUT2D eigenvalue weighted by Gasteiger charge is -2.27. The molecule has 2 aromatic heterocycles. The van der Waals surface area contributed by atoms with E-state index in [4.69, 9.17) is 4.74 Å². The zero-order chi connectivity index (χ0) is 28.0. The SMILES string of the molecule is O=C(C=CC=C(c1ccc(C(F)(F)F)cc1)c1ccc(N2CCOCC2)nc1)Nc1ccc(-c2csnn2)cc1. The van der Waals surface area contributed by atoms with Crippen LogP contribution in [0.3, 0.4) is 0 Å². The van der Waals surface area contributed by atoms with Crippen LogP contribution in [0.1, 0.15) is 16.7 Å². The van der Waals surface area contributed by atoms with E-state index in [-0.39, 0.29) is 5.91 Å². The van der Waals surface area contributed by atoms with Crippen LogP contribution in [0, 0.1) is 0 Å². The fourth-order valence-electron chi connectivity index (χ4n) is 4.15. The van der Waals surface area contributed by atoms with Crippen LogP contribution in [-0.4, -0.2) is 46.8 Å². The maximum absolute atomic E-state index is 13.1. The highest BCUT2D eigenvalue weighted by Gasteiger charge is 2.30. The quantitative estimate of drug-likeness (QED) is 0.217. The number of ether oxygens (including phenoxy) is 1. The summed E-state index contributed by atoms with van der Waals surface area (Å²) < 4.78 is 48.6. The molecule has 1 aliphatic rings. The van der Waals surface area contributed by atoms with Gasteiger partial charge in [0.15, 0.2) is 0 Å². The third-order valence-corrected chi connectivity index (χ3v) is 6.74. The minimum absolute atomic E-state index is 0.355. The molecule has 1 N–H and O–H groups in total. The van der Waals surface area contributed by atoms with E-state index >= 15 is 0 Å². The van der Waals surface area contributed by atoms with Crippen LogP contribution < -0.4 is 10.2 Å². The van der Waals surface area contributed by atoms with Gasteiger partial charge < -0.3 is 15.0 Å². The Balaban J connectivity index is 1.35. The van der Waals surface area contributed by atoms with E-state index < -0.39 is 11.7 Å². The van der Waals surface area contributed by atoms with Crippen molar-refractivity contribution in [3.05, 3.63) is 107 Å². The van der Waals surface area contributed by atoms with Crippen molar-refractivity contribution in [2.24, 2.45) is 0 Å². The highest BCUT2D eigenvalue weighted by molar-refractivity contribution is 7.03. The fourth-order valence-corrected chi connectivity index (χ4v) is 4.62. The average Bonchev–Trinajstić information content (AvgIpc) is 3.51. The molecule has 1 amide bonds. The Bertz CT molecular complexity index is 1480. The summed E-state index contributed by atoms with van der Waals surface area (Å²) in [6.07, 6.45) is 1.86. The molecular weight excluding hydrogens is 539 g/mol. The van der Waals surface area contributed by atoms with Gasteiger partial charge in [-0.15, -0.1) is 5.10 Å². The molecule has 2 aromatic carbocycles. The first-order valence-electron chi connectivity index (χ1n) is 12.4. The summed E-state index contributed by atoms with van der Waals surface area (Å²) in [7, 11) is 0. The molecule has 0 aliphatic carbocycles. The topological polar surface area (TPSA) is 80.2 Å². The van der Waals surface area contributed by atoms with Crippen LogP contribution in [0.25, 0.3) is 16.8 Å². The molecular formula is C29H24F3N5O2S. The van der Waals surface area contributed by atoms with Gasteiger partial charge in [-0.2, -0.15) is 13.2 Å². The lowest BCUT2D eigenvalue weighted by molar-refractivity contribution is -0.137. The molecule has 0 spiro atoms. The van der Waals surface area contributed by atoms with Crippen molar-refractivity contribution in [3.63, 3.8) is 0 Å². The number of allylic oxidation sites excluding steroid dienone is 2. The summed E-state index contributed by atoms with van der Waals surface area (Å²) in [6, 6.07) is 15.9. The second kappa shape index (κ2) is 12.2. The smallest absolute Gasteiger partial charge is 0.378 e. The number of nitrogens with one attached hydrogen (secondary N) is 1. The second-order valence-corrected chi connectivity index (χ2v) is 9.49. The van der Waals surface area contributed by atoms with Gasteiger partial charge in [0.1, 0.15) is 11.5 Å². The molecule has 40 heavy (non-hydrogen) atoms. The number of amides is 1. The van der Waals surface area contributed by atoms with E-state index in [1.807, 2.05) is 29.6 Å². The number of hydrogen-bond acceptors (Lipinski definition) is 7. The van der Waals surface area contributed by atoms with Crippen LogP contribution in [-0.2, 0) is 15.7 Å². The normalized spacial score (nSPS) is 14.5. The van der Waals surface area contributed by atoms with Gasteiger partial charge in [0.05, 0.1) is 18.8 Å². The highest BCUT2D eigenvalue weighted by Crippen LogP contribution is 2.32. The minimum atomic E-state index is -4.43. The number of rotatable bonds is 7. The summed E-state index contributed by atoms with van der Waals surface area (Å²) in [5.74, 6) is 0.442. The van der Waals surface area contributed by atoms with Crippen molar-refractivity contribution in [1.29, 1.82) is 0 Å². The van der Waals surface area contributed by atoms with Crippen molar-refractivity contribution >= 4 is 34.5 Å². The lowest BCUT2D eigenvalue weighted by atomic mass is 9.97. The number of anilines is 2. The zero-order valence-corrected chi connectivity index (χ0v) is 22.0. The van der Waals surface area contributed by atoms with Gasteiger partial charge >= 0.3 is 6.18 Å². The maximum atomic E-state index is 13.1. The second-order valence-electron chi connectivity index (χ2n) is 8.88. The van der Waals surface area contributed by atoms with E-state index in [0.29, 0.717) is 35.6 Å². The van der Waals surface area contributed by atoms with Gasteiger partial charge in [-0.3, -0.25) is 4.79 Å². The largest absolute Gasteiger partial charge is 0.416 e. The third kappa shape index (κ3) is 6.80. The molecule has 0 radical (unpaired) electrons. The molecule has 7 nitrogen and oxygen atoms in total. The van der Waals surface area contributed by atoms with Gasteiger partial charge in [-0.05, 0) is 59.1 Å².